The van der Waals surface area contributed by atoms with Crippen molar-refractivity contribution in [3.8, 4) is 5.82 Å². The van der Waals surface area contributed by atoms with Crippen LogP contribution in [-0.4, -0.2) is 48.5 Å². The summed E-state index contributed by atoms with van der Waals surface area (Å²) in [6, 6.07) is 12.2. The largest absolute Gasteiger partial charge is 0.324 e. The van der Waals surface area contributed by atoms with Crippen LogP contribution in [-0.2, 0) is 14.4 Å². The minimum atomic E-state index is -0.568. The van der Waals surface area contributed by atoms with Gasteiger partial charge in [-0.05, 0) is 24.3 Å². The van der Waals surface area contributed by atoms with Crippen LogP contribution in [0.25, 0.3) is 5.82 Å². The van der Waals surface area contributed by atoms with Crippen molar-refractivity contribution < 1.29 is 14.4 Å². The average molecular weight is 408 g/mol. The average Bonchev–Trinajstić information content (AvgIpc) is 3.36. The highest BCUT2D eigenvalue weighted by atomic mass is 32.2. The number of hydrogen-bond donors (Lipinski definition) is 1. The van der Waals surface area contributed by atoms with Crippen LogP contribution in [0.5, 0.6) is 0 Å². The molecule has 1 saturated heterocycles. The van der Waals surface area contributed by atoms with E-state index in [1.54, 1.807) is 36.4 Å². The number of pyridine rings is 1. The summed E-state index contributed by atoms with van der Waals surface area (Å²) in [6.07, 6.45) is 4.53. The van der Waals surface area contributed by atoms with E-state index in [1.807, 2.05) is 6.07 Å². The predicted molar refractivity (Wildman–Crippen MR) is 108 cm³/mol. The third-order valence-electron chi connectivity index (χ3n) is 4.22. The van der Waals surface area contributed by atoms with E-state index >= 15 is 0 Å². The van der Waals surface area contributed by atoms with E-state index in [4.69, 9.17) is 0 Å². The fourth-order valence-corrected chi connectivity index (χ4v) is 3.81. The first kappa shape index (κ1) is 18.8. The van der Waals surface area contributed by atoms with Crippen LogP contribution in [0.2, 0.25) is 0 Å². The lowest BCUT2D eigenvalue weighted by atomic mass is 10.3. The Balaban J connectivity index is 1.32. The van der Waals surface area contributed by atoms with Gasteiger partial charge in [-0.25, -0.2) is 19.5 Å². The molecule has 0 radical (unpaired) electrons. The number of nitrogens with one attached hydrogen (secondary N) is 1. The first-order valence-electron chi connectivity index (χ1n) is 8.76. The molecule has 1 N–H and O–H groups in total. The zero-order chi connectivity index (χ0) is 20.2. The number of aromatic nitrogens is 4. The smallest absolute Gasteiger partial charge is 0.247 e. The van der Waals surface area contributed by atoms with E-state index in [0.29, 0.717) is 17.2 Å². The molecule has 3 amide bonds. The molecule has 1 aliphatic heterocycles. The lowest BCUT2D eigenvalue weighted by molar-refractivity contribution is -0.121. The zero-order valence-electron chi connectivity index (χ0n) is 15.1. The molecule has 0 spiro atoms. The molecule has 10 heteroatoms. The van der Waals surface area contributed by atoms with Gasteiger partial charge in [0.1, 0.15) is 12.7 Å². The molecule has 29 heavy (non-hydrogen) atoms. The Labute approximate surface area is 170 Å². The highest BCUT2D eigenvalue weighted by molar-refractivity contribution is 8.01. The van der Waals surface area contributed by atoms with Crippen molar-refractivity contribution >= 4 is 40.9 Å². The van der Waals surface area contributed by atoms with Gasteiger partial charge in [0.05, 0.1) is 28.6 Å². The summed E-state index contributed by atoms with van der Waals surface area (Å²) in [5.41, 5.74) is 1.08. The van der Waals surface area contributed by atoms with Crippen LogP contribution in [0.15, 0.2) is 61.3 Å². The van der Waals surface area contributed by atoms with Crippen molar-refractivity contribution in [2.45, 2.75) is 11.7 Å². The molecule has 0 bridgehead atoms. The van der Waals surface area contributed by atoms with Crippen LogP contribution in [0.4, 0.5) is 11.4 Å². The summed E-state index contributed by atoms with van der Waals surface area (Å²) in [5.74, 6) is -0.198. The molecule has 1 fully saturated rings. The van der Waals surface area contributed by atoms with Crippen molar-refractivity contribution in [1.29, 1.82) is 0 Å². The van der Waals surface area contributed by atoms with E-state index in [9.17, 15) is 14.4 Å². The molecular weight excluding hydrogens is 392 g/mol. The molecule has 1 aliphatic rings. The maximum Gasteiger partial charge on any atom is 0.247 e. The lowest BCUT2D eigenvalue weighted by Gasteiger charge is -2.14. The molecule has 1 aromatic carbocycles. The first-order chi connectivity index (χ1) is 14.1. The number of nitrogens with zero attached hydrogens (tertiary/aromatic N) is 5. The number of carbonyl (C=O) groups is 3. The van der Waals surface area contributed by atoms with Crippen molar-refractivity contribution in [2.75, 3.05) is 16.0 Å². The summed E-state index contributed by atoms with van der Waals surface area (Å²) in [6.45, 7) is 0. The maximum atomic E-state index is 12.6. The second-order valence-corrected chi connectivity index (χ2v) is 7.39. The fraction of sp³-hybridized carbons (Fsp3) is 0.158. The van der Waals surface area contributed by atoms with Crippen molar-refractivity contribution in [1.82, 2.24) is 19.7 Å². The molecule has 4 rings (SSSR count). The summed E-state index contributed by atoms with van der Waals surface area (Å²) in [5, 5.41) is 6.14. The van der Waals surface area contributed by atoms with Crippen molar-refractivity contribution in [3.63, 3.8) is 0 Å². The van der Waals surface area contributed by atoms with Gasteiger partial charge < -0.3 is 5.32 Å². The Kier molecular flexibility index (Phi) is 5.34. The maximum absolute atomic E-state index is 12.6. The molecule has 3 heterocycles. The van der Waals surface area contributed by atoms with Crippen LogP contribution in [0.3, 0.4) is 0 Å². The molecule has 0 saturated carbocycles. The first-order valence-corrected chi connectivity index (χ1v) is 9.81. The molecule has 3 aromatic rings. The number of rotatable bonds is 6. The highest BCUT2D eigenvalue weighted by Crippen LogP contribution is 2.29. The Hall–Kier alpha value is -3.53. The van der Waals surface area contributed by atoms with Crippen LogP contribution in [0, 0.1) is 0 Å². The van der Waals surface area contributed by atoms with Crippen molar-refractivity contribution in [2.24, 2.45) is 0 Å². The van der Waals surface area contributed by atoms with E-state index < -0.39 is 5.25 Å². The highest BCUT2D eigenvalue weighted by Gasteiger charge is 2.39. The fourth-order valence-electron chi connectivity index (χ4n) is 2.88. The molecule has 2 aromatic heterocycles. The second kappa shape index (κ2) is 8.23. The van der Waals surface area contributed by atoms with E-state index in [2.05, 4.69) is 20.4 Å². The normalized spacial score (nSPS) is 16.3. The summed E-state index contributed by atoms with van der Waals surface area (Å²) in [4.78, 5) is 46.3. The topological polar surface area (TPSA) is 110 Å². The summed E-state index contributed by atoms with van der Waals surface area (Å²) in [7, 11) is 0. The minimum Gasteiger partial charge on any atom is -0.324 e. The molecule has 0 aliphatic carbocycles. The number of thioether (sulfide) groups is 1. The third kappa shape index (κ3) is 4.16. The van der Waals surface area contributed by atoms with Gasteiger partial charge in [0.2, 0.25) is 17.7 Å². The Morgan fingerprint density at radius 1 is 1.17 bits per heavy atom. The standard InChI is InChI=1S/C19H16N6O3S/c26-17(23-13-6-7-16(21-9-13)24-12-20-11-22-24)10-29-15-8-18(27)25(19(15)28)14-4-2-1-3-5-14/h1-7,9,11-12,15H,8,10H2,(H,23,26). The number of para-hydroxylation sites is 1. The molecular formula is C19H16N6O3S. The number of benzene rings is 1. The second-order valence-electron chi connectivity index (χ2n) is 6.20. The predicted octanol–water partition coefficient (Wildman–Crippen LogP) is 1.67. The number of amides is 3. The van der Waals surface area contributed by atoms with Gasteiger partial charge in [-0.3, -0.25) is 14.4 Å². The number of hydrogen-bond acceptors (Lipinski definition) is 7. The van der Waals surface area contributed by atoms with Crippen LogP contribution >= 0.6 is 11.8 Å². The van der Waals surface area contributed by atoms with Gasteiger partial charge in [-0.15, -0.1) is 11.8 Å². The van der Waals surface area contributed by atoms with Gasteiger partial charge in [0.25, 0.3) is 0 Å². The summed E-state index contributed by atoms with van der Waals surface area (Å²) >= 11 is 1.16. The Bertz CT molecular complexity index is 1020. The molecule has 9 nitrogen and oxygen atoms in total. The van der Waals surface area contributed by atoms with Crippen molar-refractivity contribution in [3.05, 3.63) is 61.3 Å². The number of imide groups is 1. The van der Waals surface area contributed by atoms with E-state index in [-0.39, 0.29) is 29.9 Å². The Morgan fingerprint density at radius 3 is 2.69 bits per heavy atom. The molecule has 1 unspecified atom stereocenters. The van der Waals surface area contributed by atoms with Crippen LogP contribution < -0.4 is 10.2 Å². The molecule has 146 valence electrons. The third-order valence-corrected chi connectivity index (χ3v) is 5.42. The van der Waals surface area contributed by atoms with Gasteiger partial charge in [0.15, 0.2) is 5.82 Å². The lowest BCUT2D eigenvalue weighted by Crippen LogP contribution is -2.31. The quantitative estimate of drug-likeness (QED) is 0.618. The zero-order valence-corrected chi connectivity index (χ0v) is 16.0. The van der Waals surface area contributed by atoms with Gasteiger partial charge in [0, 0.05) is 6.42 Å². The molecule has 1 atom stereocenters. The number of carbonyl (C=O) groups excluding carboxylic acids is 3. The SMILES string of the molecule is O=C(CSC1CC(=O)N(c2ccccc2)C1=O)Nc1ccc(-n2cncn2)nc1. The number of anilines is 2. The van der Waals surface area contributed by atoms with E-state index in [0.717, 1.165) is 11.8 Å². The van der Waals surface area contributed by atoms with E-state index in [1.165, 1.54) is 28.4 Å². The Morgan fingerprint density at radius 2 is 2.00 bits per heavy atom. The monoisotopic (exact) mass is 408 g/mol. The minimum absolute atomic E-state index is 0.0527. The summed E-state index contributed by atoms with van der Waals surface area (Å²) < 4.78 is 1.50. The van der Waals surface area contributed by atoms with Gasteiger partial charge in [-0.2, -0.15) is 5.10 Å². The van der Waals surface area contributed by atoms with Gasteiger partial charge in [-0.1, -0.05) is 18.2 Å². The van der Waals surface area contributed by atoms with Gasteiger partial charge >= 0.3 is 0 Å². The van der Waals surface area contributed by atoms with Crippen LogP contribution in [0.1, 0.15) is 6.42 Å².